The van der Waals surface area contributed by atoms with Crippen LogP contribution in [0.4, 0.5) is 0 Å². The summed E-state index contributed by atoms with van der Waals surface area (Å²) in [6.45, 7) is 9.57. The highest BCUT2D eigenvalue weighted by Crippen LogP contribution is 2.07. The first-order valence-electron chi connectivity index (χ1n) is 7.16. The zero-order valence-electron chi connectivity index (χ0n) is 13.2. The SMILES string of the molecule is CC(C)N(CCNS(=O)(=O)c1cnn(CCO)c1)C(C)C. The van der Waals surface area contributed by atoms with Gasteiger partial charge in [-0.05, 0) is 27.7 Å². The highest BCUT2D eigenvalue weighted by Gasteiger charge is 2.18. The molecule has 0 aromatic carbocycles. The molecule has 0 amide bonds. The molecule has 0 aliphatic carbocycles. The molecule has 0 radical (unpaired) electrons. The number of sulfonamides is 1. The quantitative estimate of drug-likeness (QED) is 0.682. The van der Waals surface area contributed by atoms with E-state index in [1.807, 2.05) is 0 Å². The predicted molar refractivity (Wildman–Crippen MR) is 81.5 cm³/mol. The van der Waals surface area contributed by atoms with Gasteiger partial charge in [0.1, 0.15) is 4.90 Å². The van der Waals surface area contributed by atoms with Crippen molar-refractivity contribution in [3.63, 3.8) is 0 Å². The maximum Gasteiger partial charge on any atom is 0.243 e. The van der Waals surface area contributed by atoms with E-state index in [4.69, 9.17) is 5.11 Å². The van der Waals surface area contributed by atoms with E-state index in [0.29, 0.717) is 25.2 Å². The summed E-state index contributed by atoms with van der Waals surface area (Å²) in [7, 11) is -3.55. The van der Waals surface area contributed by atoms with Crippen LogP contribution in [-0.2, 0) is 16.6 Å². The Morgan fingerprint density at radius 1 is 1.33 bits per heavy atom. The van der Waals surface area contributed by atoms with Crippen molar-refractivity contribution in [1.82, 2.24) is 19.4 Å². The number of aromatic nitrogens is 2. The van der Waals surface area contributed by atoms with Gasteiger partial charge in [0, 0.05) is 31.4 Å². The first-order valence-corrected chi connectivity index (χ1v) is 8.65. The number of nitrogens with one attached hydrogen (secondary N) is 1. The van der Waals surface area contributed by atoms with Crippen LogP contribution in [0.25, 0.3) is 0 Å². The summed E-state index contributed by atoms with van der Waals surface area (Å²) in [6, 6.07) is 0.726. The lowest BCUT2D eigenvalue weighted by atomic mass is 10.2. The second kappa shape index (κ2) is 7.88. The van der Waals surface area contributed by atoms with Crippen molar-refractivity contribution >= 4 is 10.0 Å². The standard InChI is InChI=1S/C13H26N4O3S/c1-11(2)17(12(3)4)6-5-15-21(19,20)13-9-14-16(10-13)7-8-18/h9-12,15,18H,5-8H2,1-4H3. The van der Waals surface area contributed by atoms with Crippen LogP contribution in [0.15, 0.2) is 17.3 Å². The van der Waals surface area contributed by atoms with Gasteiger partial charge in [0.15, 0.2) is 0 Å². The molecule has 1 heterocycles. The average Bonchev–Trinajstić information content (AvgIpc) is 2.83. The van der Waals surface area contributed by atoms with Crippen LogP contribution in [0.1, 0.15) is 27.7 Å². The van der Waals surface area contributed by atoms with Crippen LogP contribution < -0.4 is 4.72 Å². The molecule has 8 heteroatoms. The van der Waals surface area contributed by atoms with E-state index < -0.39 is 10.0 Å². The molecule has 1 aromatic heterocycles. The molecule has 21 heavy (non-hydrogen) atoms. The van der Waals surface area contributed by atoms with Crippen molar-refractivity contribution in [2.75, 3.05) is 19.7 Å². The predicted octanol–water partition coefficient (Wildman–Crippen LogP) is 0.273. The first kappa shape index (κ1) is 18.1. The number of aliphatic hydroxyl groups is 1. The Balaban J connectivity index is 2.60. The molecule has 7 nitrogen and oxygen atoms in total. The minimum absolute atomic E-state index is 0.0771. The number of rotatable bonds is 9. The second-order valence-electron chi connectivity index (χ2n) is 5.49. The molecule has 1 rings (SSSR count). The molecule has 0 fully saturated rings. The zero-order chi connectivity index (χ0) is 16.0. The zero-order valence-corrected chi connectivity index (χ0v) is 14.0. The summed E-state index contributed by atoms with van der Waals surface area (Å²) >= 11 is 0. The fraction of sp³-hybridized carbons (Fsp3) is 0.769. The minimum Gasteiger partial charge on any atom is -0.394 e. The summed E-state index contributed by atoms with van der Waals surface area (Å²) in [5, 5.41) is 12.7. The Bertz CT molecular complexity index is 517. The maximum absolute atomic E-state index is 12.1. The van der Waals surface area contributed by atoms with Crippen LogP contribution in [0.2, 0.25) is 0 Å². The van der Waals surface area contributed by atoms with Crippen molar-refractivity contribution in [2.24, 2.45) is 0 Å². The van der Waals surface area contributed by atoms with Crippen molar-refractivity contribution < 1.29 is 13.5 Å². The lowest BCUT2D eigenvalue weighted by Crippen LogP contribution is -2.42. The van der Waals surface area contributed by atoms with Gasteiger partial charge in [0.2, 0.25) is 10.0 Å². The summed E-state index contributed by atoms with van der Waals surface area (Å²) in [5.74, 6) is 0. The molecule has 0 aliphatic heterocycles. The fourth-order valence-corrected chi connectivity index (χ4v) is 3.19. The van der Waals surface area contributed by atoms with Gasteiger partial charge in [-0.2, -0.15) is 5.10 Å². The van der Waals surface area contributed by atoms with Gasteiger partial charge >= 0.3 is 0 Å². The first-order chi connectivity index (χ1) is 9.77. The minimum atomic E-state index is -3.55. The van der Waals surface area contributed by atoms with Crippen molar-refractivity contribution in [2.45, 2.75) is 51.2 Å². The Morgan fingerprint density at radius 2 is 1.95 bits per heavy atom. The molecule has 0 spiro atoms. The van der Waals surface area contributed by atoms with E-state index >= 15 is 0 Å². The molecule has 2 N–H and O–H groups in total. The Morgan fingerprint density at radius 3 is 2.48 bits per heavy atom. The van der Waals surface area contributed by atoms with Gasteiger partial charge in [-0.3, -0.25) is 9.58 Å². The molecule has 0 saturated carbocycles. The van der Waals surface area contributed by atoms with Crippen LogP contribution in [0.3, 0.4) is 0 Å². The Hall–Kier alpha value is -0.960. The number of hydrogen-bond acceptors (Lipinski definition) is 5. The summed E-state index contributed by atoms with van der Waals surface area (Å²) in [6.07, 6.45) is 2.71. The molecule has 0 unspecified atom stereocenters. The van der Waals surface area contributed by atoms with Crippen LogP contribution >= 0.6 is 0 Å². The highest BCUT2D eigenvalue weighted by atomic mass is 32.2. The maximum atomic E-state index is 12.1. The van der Waals surface area contributed by atoms with E-state index in [-0.39, 0.29) is 18.0 Å². The number of nitrogens with zero attached hydrogens (tertiary/aromatic N) is 3. The summed E-state index contributed by atoms with van der Waals surface area (Å²) < 4.78 is 28.2. The average molecular weight is 318 g/mol. The third kappa shape index (κ3) is 5.39. The van der Waals surface area contributed by atoms with Gasteiger partial charge in [0.05, 0.1) is 19.3 Å². The Labute approximate surface area is 127 Å². The second-order valence-corrected chi connectivity index (χ2v) is 7.25. The van der Waals surface area contributed by atoms with E-state index in [1.165, 1.54) is 17.1 Å². The molecule has 1 aromatic rings. The lowest BCUT2D eigenvalue weighted by molar-refractivity contribution is 0.179. The number of aliphatic hydroxyl groups excluding tert-OH is 1. The van der Waals surface area contributed by atoms with Gasteiger partial charge in [0.25, 0.3) is 0 Å². The smallest absolute Gasteiger partial charge is 0.243 e. The van der Waals surface area contributed by atoms with Gasteiger partial charge < -0.3 is 5.11 Å². The van der Waals surface area contributed by atoms with E-state index in [2.05, 4.69) is 42.4 Å². The monoisotopic (exact) mass is 318 g/mol. The summed E-state index contributed by atoms with van der Waals surface area (Å²) in [4.78, 5) is 2.34. The number of hydrogen-bond donors (Lipinski definition) is 2. The fourth-order valence-electron chi connectivity index (χ4n) is 2.21. The third-order valence-corrected chi connectivity index (χ3v) is 4.65. The van der Waals surface area contributed by atoms with Crippen molar-refractivity contribution in [3.8, 4) is 0 Å². The molecule has 0 saturated heterocycles. The van der Waals surface area contributed by atoms with Crippen molar-refractivity contribution in [1.29, 1.82) is 0 Å². The van der Waals surface area contributed by atoms with Crippen LogP contribution in [-0.4, -0.2) is 60.0 Å². The van der Waals surface area contributed by atoms with E-state index in [9.17, 15) is 8.42 Å². The van der Waals surface area contributed by atoms with E-state index in [1.54, 1.807) is 0 Å². The van der Waals surface area contributed by atoms with Gasteiger partial charge in [-0.25, -0.2) is 13.1 Å². The molecule has 122 valence electrons. The topological polar surface area (TPSA) is 87.5 Å². The molecule has 0 atom stereocenters. The molecule has 0 aliphatic rings. The third-order valence-electron chi connectivity index (χ3n) is 3.24. The Kier molecular flexibility index (Phi) is 6.79. The van der Waals surface area contributed by atoms with Gasteiger partial charge in [-0.1, -0.05) is 0 Å². The molecular formula is C13H26N4O3S. The van der Waals surface area contributed by atoms with E-state index in [0.717, 1.165) is 0 Å². The largest absolute Gasteiger partial charge is 0.394 e. The molecular weight excluding hydrogens is 292 g/mol. The normalized spacial score (nSPS) is 12.8. The summed E-state index contributed by atoms with van der Waals surface area (Å²) in [5.41, 5.74) is 0. The van der Waals surface area contributed by atoms with Gasteiger partial charge in [-0.15, -0.1) is 0 Å². The lowest BCUT2D eigenvalue weighted by Gasteiger charge is -2.30. The molecule has 0 bridgehead atoms. The van der Waals surface area contributed by atoms with Crippen molar-refractivity contribution in [3.05, 3.63) is 12.4 Å². The van der Waals surface area contributed by atoms with Crippen LogP contribution in [0.5, 0.6) is 0 Å². The highest BCUT2D eigenvalue weighted by molar-refractivity contribution is 7.89. The van der Waals surface area contributed by atoms with Crippen LogP contribution in [0, 0.1) is 0 Å².